The molecule has 3 aromatic rings. The van der Waals surface area contributed by atoms with Crippen LogP contribution in [-0.4, -0.2) is 9.78 Å². The van der Waals surface area contributed by atoms with Crippen molar-refractivity contribution < 1.29 is 8.78 Å². The fraction of sp³-hybridized carbons (Fsp3) is 0.286. The number of rotatable bonds is 4. The summed E-state index contributed by atoms with van der Waals surface area (Å²) in [5.41, 5.74) is 4.81. The number of halogens is 2. The maximum atomic E-state index is 14.1. The fourth-order valence-corrected chi connectivity index (χ4v) is 3.14. The van der Waals surface area contributed by atoms with Gasteiger partial charge in [0.05, 0.1) is 6.20 Å². The molecule has 0 aliphatic heterocycles. The molecule has 0 unspecified atom stereocenters. The first-order valence-electron chi connectivity index (χ1n) is 8.51. The molecule has 3 rings (SSSR count). The van der Waals surface area contributed by atoms with Crippen LogP contribution in [0.25, 0.3) is 16.8 Å². The Balaban J connectivity index is 2.14. The first-order chi connectivity index (χ1) is 11.9. The van der Waals surface area contributed by atoms with Gasteiger partial charge in [0.15, 0.2) is 5.82 Å². The van der Waals surface area contributed by atoms with Crippen LogP contribution >= 0.6 is 0 Å². The topological polar surface area (TPSA) is 17.8 Å². The molecule has 25 heavy (non-hydrogen) atoms. The zero-order valence-electron chi connectivity index (χ0n) is 14.9. The van der Waals surface area contributed by atoms with Gasteiger partial charge in [0.2, 0.25) is 0 Å². The molecule has 1 aromatic heterocycles. The Bertz CT molecular complexity index is 868. The van der Waals surface area contributed by atoms with Gasteiger partial charge in [-0.15, -0.1) is 0 Å². The third-order valence-electron chi connectivity index (χ3n) is 4.40. The quantitative estimate of drug-likeness (QED) is 0.564. The highest BCUT2D eigenvalue weighted by atomic mass is 19.1. The van der Waals surface area contributed by atoms with Crippen molar-refractivity contribution in [2.75, 3.05) is 0 Å². The standard InChI is InChI=1S/C21H22F2N2/c1-13(2)17-6-5-7-18(14(3)4)21(17)15-11-24-25(12-15)20-9-8-16(22)10-19(20)23/h5-14H,1-4H3. The molecule has 0 atom stereocenters. The SMILES string of the molecule is CC(C)c1cccc(C(C)C)c1-c1cnn(-c2ccc(F)cc2F)c1. The molecule has 0 spiro atoms. The van der Waals surface area contributed by atoms with Gasteiger partial charge in [0.1, 0.15) is 11.5 Å². The molecule has 0 fully saturated rings. The van der Waals surface area contributed by atoms with Gasteiger partial charge in [-0.3, -0.25) is 0 Å². The van der Waals surface area contributed by atoms with Crippen LogP contribution < -0.4 is 0 Å². The van der Waals surface area contributed by atoms with E-state index in [1.807, 2.05) is 6.20 Å². The number of aromatic nitrogens is 2. The monoisotopic (exact) mass is 340 g/mol. The number of hydrogen-bond acceptors (Lipinski definition) is 1. The van der Waals surface area contributed by atoms with Crippen molar-refractivity contribution in [3.8, 4) is 16.8 Å². The summed E-state index contributed by atoms with van der Waals surface area (Å²) in [5.74, 6) is -0.504. The molecule has 0 saturated heterocycles. The minimum Gasteiger partial charge on any atom is -0.237 e. The van der Waals surface area contributed by atoms with E-state index in [1.165, 1.54) is 27.9 Å². The van der Waals surface area contributed by atoms with Crippen LogP contribution in [0.3, 0.4) is 0 Å². The summed E-state index contributed by atoms with van der Waals surface area (Å²) in [7, 11) is 0. The van der Waals surface area contributed by atoms with Crippen molar-refractivity contribution in [3.05, 3.63) is 71.6 Å². The molecule has 2 aromatic carbocycles. The Hall–Kier alpha value is -2.49. The van der Waals surface area contributed by atoms with Crippen molar-refractivity contribution in [1.29, 1.82) is 0 Å². The highest BCUT2D eigenvalue weighted by molar-refractivity contribution is 5.71. The molecule has 4 heteroatoms. The smallest absolute Gasteiger partial charge is 0.151 e. The van der Waals surface area contributed by atoms with Gasteiger partial charge in [-0.25, -0.2) is 13.5 Å². The second-order valence-corrected chi connectivity index (χ2v) is 6.89. The average molecular weight is 340 g/mol. The van der Waals surface area contributed by atoms with Crippen molar-refractivity contribution in [1.82, 2.24) is 9.78 Å². The normalized spacial score (nSPS) is 11.5. The zero-order chi connectivity index (χ0) is 18.1. The van der Waals surface area contributed by atoms with Gasteiger partial charge in [0.25, 0.3) is 0 Å². The molecule has 0 radical (unpaired) electrons. The van der Waals surface area contributed by atoms with Crippen LogP contribution in [0.15, 0.2) is 48.8 Å². The number of nitrogens with zero attached hydrogens (tertiary/aromatic N) is 2. The number of benzene rings is 2. The van der Waals surface area contributed by atoms with Gasteiger partial charge in [0, 0.05) is 17.8 Å². The van der Waals surface area contributed by atoms with Crippen molar-refractivity contribution >= 4 is 0 Å². The predicted octanol–water partition coefficient (Wildman–Crippen LogP) is 6.06. The van der Waals surface area contributed by atoms with E-state index in [1.54, 1.807) is 6.20 Å². The second-order valence-electron chi connectivity index (χ2n) is 6.89. The Morgan fingerprint density at radius 1 is 0.920 bits per heavy atom. The van der Waals surface area contributed by atoms with Gasteiger partial charge >= 0.3 is 0 Å². The van der Waals surface area contributed by atoms with Crippen LogP contribution in [0.4, 0.5) is 8.78 Å². The Morgan fingerprint density at radius 2 is 1.56 bits per heavy atom. The summed E-state index contributed by atoms with van der Waals surface area (Å²) in [6.07, 6.45) is 3.55. The van der Waals surface area contributed by atoms with E-state index in [-0.39, 0.29) is 5.69 Å². The van der Waals surface area contributed by atoms with Crippen LogP contribution in [0.2, 0.25) is 0 Å². The molecule has 0 saturated carbocycles. The fourth-order valence-electron chi connectivity index (χ4n) is 3.14. The lowest BCUT2D eigenvalue weighted by Crippen LogP contribution is -2.00. The van der Waals surface area contributed by atoms with Crippen LogP contribution in [0.5, 0.6) is 0 Å². The lowest BCUT2D eigenvalue weighted by molar-refractivity contribution is 0.573. The molecular weight excluding hydrogens is 318 g/mol. The molecule has 1 heterocycles. The first kappa shape index (κ1) is 17.3. The van der Waals surface area contributed by atoms with Crippen molar-refractivity contribution in [2.24, 2.45) is 0 Å². The van der Waals surface area contributed by atoms with E-state index in [4.69, 9.17) is 0 Å². The maximum absolute atomic E-state index is 14.1. The lowest BCUT2D eigenvalue weighted by atomic mass is 9.86. The Labute approximate surface area is 147 Å². The van der Waals surface area contributed by atoms with Crippen LogP contribution in [0.1, 0.15) is 50.7 Å². The van der Waals surface area contributed by atoms with Crippen molar-refractivity contribution in [3.63, 3.8) is 0 Å². The average Bonchev–Trinajstić information content (AvgIpc) is 3.03. The maximum Gasteiger partial charge on any atom is 0.151 e. The van der Waals surface area contributed by atoms with E-state index in [0.29, 0.717) is 11.8 Å². The Kier molecular flexibility index (Phi) is 4.71. The van der Waals surface area contributed by atoms with E-state index in [2.05, 4.69) is 51.0 Å². The van der Waals surface area contributed by atoms with Gasteiger partial charge in [-0.1, -0.05) is 45.9 Å². The number of hydrogen-bond donors (Lipinski definition) is 0. The lowest BCUT2D eigenvalue weighted by Gasteiger charge is -2.18. The van der Waals surface area contributed by atoms with E-state index < -0.39 is 11.6 Å². The molecule has 0 N–H and O–H groups in total. The third kappa shape index (κ3) is 3.34. The summed E-state index contributed by atoms with van der Waals surface area (Å²) in [4.78, 5) is 0. The summed E-state index contributed by atoms with van der Waals surface area (Å²) in [6, 6.07) is 9.85. The highest BCUT2D eigenvalue weighted by Gasteiger charge is 2.17. The molecule has 0 aliphatic rings. The molecule has 0 amide bonds. The van der Waals surface area contributed by atoms with Crippen LogP contribution in [-0.2, 0) is 0 Å². The van der Waals surface area contributed by atoms with E-state index in [9.17, 15) is 8.78 Å². The zero-order valence-corrected chi connectivity index (χ0v) is 14.9. The van der Waals surface area contributed by atoms with Gasteiger partial charge < -0.3 is 0 Å². The second kappa shape index (κ2) is 6.79. The summed E-state index contributed by atoms with van der Waals surface area (Å²) < 4.78 is 28.7. The van der Waals surface area contributed by atoms with Crippen LogP contribution in [0, 0.1) is 11.6 Å². The minimum atomic E-state index is -0.629. The third-order valence-corrected chi connectivity index (χ3v) is 4.40. The minimum absolute atomic E-state index is 0.237. The van der Waals surface area contributed by atoms with Crippen molar-refractivity contribution in [2.45, 2.75) is 39.5 Å². The molecule has 0 aliphatic carbocycles. The molecule has 2 nitrogen and oxygen atoms in total. The summed E-state index contributed by atoms with van der Waals surface area (Å²) >= 11 is 0. The molecule has 0 bridgehead atoms. The van der Waals surface area contributed by atoms with E-state index in [0.717, 1.165) is 17.2 Å². The molecule has 130 valence electrons. The van der Waals surface area contributed by atoms with Gasteiger partial charge in [-0.2, -0.15) is 5.10 Å². The Morgan fingerprint density at radius 3 is 2.12 bits per heavy atom. The predicted molar refractivity (Wildman–Crippen MR) is 97.1 cm³/mol. The molecular formula is C21H22F2N2. The summed E-state index contributed by atoms with van der Waals surface area (Å²) in [6.45, 7) is 8.64. The van der Waals surface area contributed by atoms with E-state index >= 15 is 0 Å². The first-order valence-corrected chi connectivity index (χ1v) is 8.51. The summed E-state index contributed by atoms with van der Waals surface area (Å²) in [5, 5.41) is 4.31. The van der Waals surface area contributed by atoms with Gasteiger partial charge in [-0.05, 0) is 40.7 Å². The highest BCUT2D eigenvalue weighted by Crippen LogP contribution is 2.36. The largest absolute Gasteiger partial charge is 0.237 e.